The number of nitrogens with one attached hydrogen (secondary N) is 1. The van der Waals surface area contributed by atoms with Gasteiger partial charge in [0.2, 0.25) is 5.91 Å². The summed E-state index contributed by atoms with van der Waals surface area (Å²) in [7, 11) is 3.15. The summed E-state index contributed by atoms with van der Waals surface area (Å²) >= 11 is 0. The number of benzene rings is 1. The summed E-state index contributed by atoms with van der Waals surface area (Å²) in [4.78, 5) is 22.0. The fraction of sp³-hybridized carbons (Fsp3) is 0.200. The second kappa shape index (κ2) is 4.64. The van der Waals surface area contributed by atoms with E-state index in [2.05, 4.69) is 10.1 Å². The lowest BCUT2D eigenvalue weighted by Gasteiger charge is -2.07. The highest BCUT2D eigenvalue weighted by Gasteiger charge is 2.07. The highest BCUT2D eigenvalue weighted by Crippen LogP contribution is 2.07. The zero-order chi connectivity index (χ0) is 11.4. The van der Waals surface area contributed by atoms with E-state index in [0.29, 0.717) is 11.3 Å². The lowest BCUT2D eigenvalue weighted by molar-refractivity contribution is -0.114. The minimum Gasteiger partial charge on any atom is -0.465 e. The minimum atomic E-state index is -0.382. The van der Waals surface area contributed by atoms with Crippen molar-refractivity contribution in [2.75, 3.05) is 12.4 Å². The van der Waals surface area contributed by atoms with Crippen molar-refractivity contribution in [2.24, 2.45) is 0 Å². The van der Waals surface area contributed by atoms with Crippen LogP contribution >= 0.6 is 0 Å². The number of rotatable bonds is 2. The Kier molecular flexibility index (Phi) is 3.49. The van der Waals surface area contributed by atoms with Gasteiger partial charge in [0.15, 0.2) is 0 Å². The summed E-state index contributed by atoms with van der Waals surface area (Å²) in [5, 5.41) is 2.67. The molecule has 0 saturated heterocycles. The van der Waals surface area contributed by atoms with E-state index < -0.39 is 0 Å². The molecular formula is C10H12BNO3. The molecular weight excluding hydrogens is 193 g/mol. The van der Waals surface area contributed by atoms with Gasteiger partial charge >= 0.3 is 5.97 Å². The second-order valence-electron chi connectivity index (χ2n) is 3.20. The molecule has 5 heteroatoms. The molecule has 0 saturated carbocycles. The summed E-state index contributed by atoms with van der Waals surface area (Å²) < 4.78 is 4.59. The van der Waals surface area contributed by atoms with E-state index in [9.17, 15) is 9.59 Å². The molecule has 0 unspecified atom stereocenters. The third kappa shape index (κ3) is 2.84. The molecule has 1 aromatic rings. The SMILES string of the molecule is Bc1cc(C(=O)OC)ccc1NC(C)=O. The average Bonchev–Trinajstić information content (AvgIpc) is 2.19. The van der Waals surface area contributed by atoms with Crippen LogP contribution in [0.3, 0.4) is 0 Å². The van der Waals surface area contributed by atoms with Gasteiger partial charge in [-0.15, -0.1) is 0 Å². The molecule has 0 atom stereocenters. The van der Waals surface area contributed by atoms with Crippen LogP contribution in [-0.4, -0.2) is 26.8 Å². The van der Waals surface area contributed by atoms with Crippen molar-refractivity contribution in [1.29, 1.82) is 0 Å². The van der Waals surface area contributed by atoms with Crippen molar-refractivity contribution >= 4 is 30.9 Å². The van der Waals surface area contributed by atoms with Crippen molar-refractivity contribution in [2.45, 2.75) is 6.92 Å². The number of anilines is 1. The molecule has 0 aromatic heterocycles. The molecule has 0 bridgehead atoms. The van der Waals surface area contributed by atoms with Gasteiger partial charge in [0, 0.05) is 12.6 Å². The van der Waals surface area contributed by atoms with Gasteiger partial charge in [-0.25, -0.2) is 4.79 Å². The zero-order valence-electron chi connectivity index (χ0n) is 8.96. The van der Waals surface area contributed by atoms with Crippen LogP contribution in [0.5, 0.6) is 0 Å². The Morgan fingerprint density at radius 1 is 1.40 bits per heavy atom. The van der Waals surface area contributed by atoms with Crippen LogP contribution in [0.2, 0.25) is 0 Å². The van der Waals surface area contributed by atoms with Crippen molar-refractivity contribution < 1.29 is 14.3 Å². The first-order valence-corrected chi connectivity index (χ1v) is 4.51. The third-order valence-corrected chi connectivity index (χ3v) is 1.96. The first-order chi connectivity index (χ1) is 7.04. The van der Waals surface area contributed by atoms with Crippen molar-refractivity contribution in [3.8, 4) is 0 Å². The van der Waals surface area contributed by atoms with Gasteiger partial charge in [-0.3, -0.25) is 4.79 Å². The van der Waals surface area contributed by atoms with Crippen LogP contribution in [0.15, 0.2) is 18.2 Å². The molecule has 0 spiro atoms. The van der Waals surface area contributed by atoms with E-state index in [4.69, 9.17) is 0 Å². The Morgan fingerprint density at radius 2 is 2.07 bits per heavy atom. The maximum Gasteiger partial charge on any atom is 0.337 e. The molecule has 15 heavy (non-hydrogen) atoms. The smallest absolute Gasteiger partial charge is 0.337 e. The number of esters is 1. The number of amides is 1. The maximum absolute atomic E-state index is 11.2. The minimum absolute atomic E-state index is 0.135. The number of carbonyl (C=O) groups is 2. The standard InChI is InChI=1S/C10H12BNO3/c1-6(13)12-9-4-3-7(5-8(9)11)10(14)15-2/h3-5H,11H2,1-2H3,(H,12,13). The van der Waals surface area contributed by atoms with Gasteiger partial charge in [0.1, 0.15) is 7.85 Å². The topological polar surface area (TPSA) is 55.4 Å². The molecule has 1 rings (SSSR count). The van der Waals surface area contributed by atoms with Gasteiger partial charge in [0.05, 0.1) is 12.7 Å². The molecule has 0 radical (unpaired) electrons. The van der Waals surface area contributed by atoms with E-state index in [1.807, 2.05) is 7.85 Å². The number of hydrogen-bond acceptors (Lipinski definition) is 3. The predicted molar refractivity (Wildman–Crippen MR) is 60.3 cm³/mol. The van der Waals surface area contributed by atoms with Gasteiger partial charge < -0.3 is 10.1 Å². The van der Waals surface area contributed by atoms with Crippen molar-refractivity contribution in [3.63, 3.8) is 0 Å². The second-order valence-corrected chi connectivity index (χ2v) is 3.20. The monoisotopic (exact) mass is 205 g/mol. The molecule has 78 valence electrons. The first-order valence-electron chi connectivity index (χ1n) is 4.51. The molecule has 4 nitrogen and oxygen atoms in total. The van der Waals surface area contributed by atoms with E-state index in [1.54, 1.807) is 18.2 Å². The van der Waals surface area contributed by atoms with Gasteiger partial charge in [-0.05, 0) is 12.1 Å². The summed E-state index contributed by atoms with van der Waals surface area (Å²) in [6.07, 6.45) is 0. The van der Waals surface area contributed by atoms with Crippen molar-refractivity contribution in [3.05, 3.63) is 23.8 Å². The molecule has 0 aliphatic heterocycles. The van der Waals surface area contributed by atoms with Crippen molar-refractivity contribution in [1.82, 2.24) is 0 Å². The Bertz CT molecular complexity index is 404. The average molecular weight is 205 g/mol. The molecule has 1 N–H and O–H groups in total. The fourth-order valence-corrected chi connectivity index (χ4v) is 1.24. The lowest BCUT2D eigenvalue weighted by Crippen LogP contribution is -2.17. The molecule has 0 heterocycles. The predicted octanol–water partition coefficient (Wildman–Crippen LogP) is -0.310. The van der Waals surface area contributed by atoms with Gasteiger partial charge in [-0.1, -0.05) is 11.5 Å². The Balaban J connectivity index is 2.97. The molecule has 0 fully saturated rings. The summed E-state index contributed by atoms with van der Waals surface area (Å²) in [6, 6.07) is 4.98. The maximum atomic E-state index is 11.2. The van der Waals surface area contributed by atoms with E-state index in [1.165, 1.54) is 14.0 Å². The third-order valence-electron chi connectivity index (χ3n) is 1.96. The molecule has 1 amide bonds. The summed E-state index contributed by atoms with van der Waals surface area (Å²) in [6.45, 7) is 1.44. The Morgan fingerprint density at radius 3 is 2.53 bits per heavy atom. The van der Waals surface area contributed by atoms with Crippen LogP contribution in [-0.2, 0) is 9.53 Å². The highest BCUT2D eigenvalue weighted by molar-refractivity contribution is 6.36. The first kappa shape index (κ1) is 11.3. The van der Waals surface area contributed by atoms with Crippen LogP contribution in [0.25, 0.3) is 0 Å². The van der Waals surface area contributed by atoms with Crippen LogP contribution in [0, 0.1) is 0 Å². The van der Waals surface area contributed by atoms with Gasteiger partial charge in [-0.2, -0.15) is 0 Å². The van der Waals surface area contributed by atoms with E-state index in [0.717, 1.165) is 5.46 Å². The highest BCUT2D eigenvalue weighted by atomic mass is 16.5. The summed E-state index contributed by atoms with van der Waals surface area (Å²) in [5.74, 6) is -0.517. The Labute approximate surface area is 89.0 Å². The normalized spacial score (nSPS) is 9.47. The number of carbonyl (C=O) groups excluding carboxylic acids is 2. The molecule has 0 aliphatic carbocycles. The lowest BCUT2D eigenvalue weighted by atomic mass is 9.92. The van der Waals surface area contributed by atoms with Crippen LogP contribution in [0.1, 0.15) is 17.3 Å². The van der Waals surface area contributed by atoms with E-state index >= 15 is 0 Å². The number of ether oxygens (including phenoxy) is 1. The largest absolute Gasteiger partial charge is 0.465 e. The quantitative estimate of drug-likeness (QED) is 0.532. The van der Waals surface area contributed by atoms with Gasteiger partial charge in [0.25, 0.3) is 0 Å². The van der Waals surface area contributed by atoms with Crippen LogP contribution < -0.4 is 10.8 Å². The van der Waals surface area contributed by atoms with E-state index in [-0.39, 0.29) is 11.9 Å². The Hall–Kier alpha value is -1.78. The number of methoxy groups -OCH3 is 1. The van der Waals surface area contributed by atoms with Crippen LogP contribution in [0.4, 0.5) is 5.69 Å². The fourth-order valence-electron chi connectivity index (χ4n) is 1.24. The number of hydrogen-bond donors (Lipinski definition) is 1. The molecule has 1 aromatic carbocycles. The summed E-state index contributed by atoms with van der Waals surface area (Å²) in [5.41, 5.74) is 2.01. The molecule has 0 aliphatic rings. The zero-order valence-corrected chi connectivity index (χ0v) is 8.96.